The van der Waals surface area contributed by atoms with Crippen LogP contribution in [-0.2, 0) is 10.0 Å². The van der Waals surface area contributed by atoms with E-state index in [2.05, 4.69) is 4.98 Å². The Morgan fingerprint density at radius 2 is 1.69 bits per heavy atom. The van der Waals surface area contributed by atoms with Crippen LogP contribution in [0.5, 0.6) is 0 Å². The molecule has 1 aromatic heterocycles. The maximum Gasteiger partial charge on any atom is 0.256 e. The lowest BCUT2D eigenvalue weighted by Crippen LogP contribution is -2.33. The van der Waals surface area contributed by atoms with E-state index in [4.69, 9.17) is 28.9 Å². The molecule has 7 nitrogen and oxygen atoms in total. The second-order valence-electron chi connectivity index (χ2n) is 5.69. The topological polar surface area (TPSA) is 84.5 Å². The predicted octanol–water partition coefficient (Wildman–Crippen LogP) is 2.73. The van der Waals surface area contributed by atoms with E-state index in [9.17, 15) is 8.42 Å². The van der Waals surface area contributed by atoms with Crippen LogP contribution in [0, 0.1) is 0 Å². The summed E-state index contributed by atoms with van der Waals surface area (Å²) < 4.78 is 28.4. The molecule has 0 bridgehead atoms. The maximum atomic E-state index is 12.9. The molecule has 0 radical (unpaired) electrons. The van der Waals surface area contributed by atoms with E-state index < -0.39 is 15.4 Å². The van der Waals surface area contributed by atoms with Gasteiger partial charge in [0.15, 0.2) is 5.37 Å². The molecule has 0 aliphatic carbocycles. The van der Waals surface area contributed by atoms with Crippen molar-refractivity contribution >= 4 is 50.5 Å². The molecule has 0 saturated heterocycles. The molecule has 0 fully saturated rings. The van der Waals surface area contributed by atoms with Gasteiger partial charge in [-0.3, -0.25) is 8.87 Å². The van der Waals surface area contributed by atoms with Crippen LogP contribution in [0.2, 0.25) is 0 Å². The Morgan fingerprint density at radius 1 is 1.15 bits per heavy atom. The first-order valence-corrected chi connectivity index (χ1v) is 10.6. The number of hydrogen-bond acceptors (Lipinski definition) is 5. The summed E-state index contributed by atoms with van der Waals surface area (Å²) >= 11 is 11.7. The molecule has 10 heteroatoms. The van der Waals surface area contributed by atoms with E-state index in [-0.39, 0.29) is 5.95 Å². The van der Waals surface area contributed by atoms with Crippen molar-refractivity contribution in [3.8, 4) is 0 Å². The monoisotopic (exact) mass is 419 g/mol. The normalized spacial score (nSPS) is 12.8. The summed E-state index contributed by atoms with van der Waals surface area (Å²) in [5.41, 5.74) is 7.22. The number of benzene rings is 1. The number of anilines is 3. The Bertz CT molecular complexity index is 804. The van der Waals surface area contributed by atoms with Crippen LogP contribution in [0.4, 0.5) is 17.3 Å². The summed E-state index contributed by atoms with van der Waals surface area (Å²) in [5.74, 6) is 1.12. The van der Waals surface area contributed by atoms with E-state index in [0.29, 0.717) is 30.5 Å². The number of hydrogen-bond donors (Lipinski definition) is 1. The van der Waals surface area contributed by atoms with E-state index >= 15 is 0 Å². The predicted molar refractivity (Wildman–Crippen MR) is 109 cm³/mol. The van der Waals surface area contributed by atoms with Crippen molar-refractivity contribution in [2.24, 2.45) is 0 Å². The number of nitrogens with zero attached hydrogens (tertiary/aromatic N) is 4. The number of nitrogens with two attached hydrogens (primary N) is 1. The van der Waals surface area contributed by atoms with E-state index in [1.165, 1.54) is 22.1 Å². The standard InChI is InChI=1S/C16H23Cl2N5O2S/c1-13(23-12-9-20-16(23)19)26(24,25)21(2)14-3-5-15(6-4-14)22(10-7-17)11-8-18/h3-6,9,12-13H,7-8,10-11H2,1-2H3,(H2,19,20). The molecule has 2 N–H and O–H groups in total. The molecule has 1 atom stereocenters. The maximum absolute atomic E-state index is 12.9. The second-order valence-corrected chi connectivity index (χ2v) is 8.70. The fourth-order valence-electron chi connectivity index (χ4n) is 2.60. The summed E-state index contributed by atoms with van der Waals surface area (Å²) in [7, 11) is -2.15. The number of imidazole rings is 1. The molecule has 0 saturated carbocycles. The number of halogens is 2. The average molecular weight is 420 g/mol. The third-order valence-corrected chi connectivity index (χ3v) is 6.59. The Labute approximate surface area is 164 Å². The fraction of sp³-hybridized carbons (Fsp3) is 0.438. The molecule has 2 rings (SSSR count). The Hall–Kier alpha value is -1.64. The SMILES string of the molecule is CC(n1ccnc1N)S(=O)(=O)N(C)c1ccc(N(CCCl)CCCl)cc1. The number of sulfonamides is 1. The summed E-state index contributed by atoms with van der Waals surface area (Å²) in [5, 5.41) is -0.876. The van der Waals surface area contributed by atoms with Gasteiger partial charge in [0.1, 0.15) is 0 Å². The molecule has 0 spiro atoms. The highest BCUT2D eigenvalue weighted by atomic mass is 35.5. The molecule has 0 aliphatic heterocycles. The quantitative estimate of drug-likeness (QED) is 0.631. The van der Waals surface area contributed by atoms with Gasteiger partial charge in [-0.05, 0) is 31.2 Å². The van der Waals surface area contributed by atoms with Crippen LogP contribution in [0.25, 0.3) is 0 Å². The minimum Gasteiger partial charge on any atom is -0.369 e. The molecule has 144 valence electrons. The molecular formula is C16H23Cl2N5O2S. The molecule has 1 aromatic carbocycles. The highest BCUT2D eigenvalue weighted by molar-refractivity contribution is 7.92. The number of rotatable bonds is 9. The smallest absolute Gasteiger partial charge is 0.256 e. The molecule has 1 unspecified atom stereocenters. The molecule has 0 aliphatic rings. The largest absolute Gasteiger partial charge is 0.369 e. The molecule has 1 heterocycles. The van der Waals surface area contributed by atoms with Crippen LogP contribution in [0.3, 0.4) is 0 Å². The fourth-order valence-corrected chi connectivity index (χ4v) is 4.35. The van der Waals surface area contributed by atoms with Crippen LogP contribution < -0.4 is 14.9 Å². The highest BCUT2D eigenvalue weighted by Gasteiger charge is 2.28. The van der Waals surface area contributed by atoms with Crippen molar-refractivity contribution < 1.29 is 8.42 Å². The minimum atomic E-state index is -3.67. The van der Waals surface area contributed by atoms with Crippen LogP contribution in [0.15, 0.2) is 36.7 Å². The molecule has 2 aromatic rings. The average Bonchev–Trinajstić information content (AvgIpc) is 3.06. The summed E-state index contributed by atoms with van der Waals surface area (Å²) in [6, 6.07) is 7.23. The Balaban J connectivity index is 2.23. The van der Waals surface area contributed by atoms with Crippen LogP contribution in [-0.4, -0.2) is 49.9 Å². The number of nitrogen functional groups attached to an aromatic ring is 1. The first-order valence-electron chi connectivity index (χ1n) is 8.06. The van der Waals surface area contributed by atoms with Crippen molar-refractivity contribution in [3.63, 3.8) is 0 Å². The highest BCUT2D eigenvalue weighted by Crippen LogP contribution is 2.27. The lowest BCUT2D eigenvalue weighted by atomic mass is 10.2. The summed E-state index contributed by atoms with van der Waals surface area (Å²) in [6.07, 6.45) is 3.02. The summed E-state index contributed by atoms with van der Waals surface area (Å²) in [6.45, 7) is 2.90. The van der Waals surface area contributed by atoms with Gasteiger partial charge in [-0.25, -0.2) is 13.4 Å². The number of aromatic nitrogens is 2. The van der Waals surface area contributed by atoms with Gasteiger partial charge in [-0.2, -0.15) is 0 Å². The van der Waals surface area contributed by atoms with Gasteiger partial charge in [-0.1, -0.05) is 0 Å². The molecule has 0 amide bonds. The lowest BCUT2D eigenvalue weighted by molar-refractivity contribution is 0.559. The number of alkyl halides is 2. The van der Waals surface area contributed by atoms with Crippen LogP contribution >= 0.6 is 23.2 Å². The van der Waals surface area contributed by atoms with Crippen molar-refractivity contribution in [2.75, 3.05) is 46.8 Å². The molecule has 26 heavy (non-hydrogen) atoms. The zero-order valence-corrected chi connectivity index (χ0v) is 17.0. The van der Waals surface area contributed by atoms with Gasteiger partial charge >= 0.3 is 0 Å². The van der Waals surface area contributed by atoms with E-state index in [1.54, 1.807) is 25.3 Å². The lowest BCUT2D eigenvalue weighted by Gasteiger charge is -2.26. The van der Waals surface area contributed by atoms with Gasteiger partial charge in [0, 0.05) is 50.0 Å². The first kappa shape index (κ1) is 20.7. The van der Waals surface area contributed by atoms with Crippen molar-refractivity contribution in [3.05, 3.63) is 36.7 Å². The van der Waals surface area contributed by atoms with Crippen molar-refractivity contribution in [1.29, 1.82) is 0 Å². The van der Waals surface area contributed by atoms with Gasteiger partial charge < -0.3 is 10.6 Å². The van der Waals surface area contributed by atoms with Gasteiger partial charge in [0.2, 0.25) is 5.95 Å². The Kier molecular flexibility index (Phi) is 7.02. The van der Waals surface area contributed by atoms with Crippen molar-refractivity contribution in [2.45, 2.75) is 12.3 Å². The van der Waals surface area contributed by atoms with E-state index in [1.807, 2.05) is 17.0 Å². The van der Waals surface area contributed by atoms with Gasteiger partial charge in [0.05, 0.1) is 5.69 Å². The van der Waals surface area contributed by atoms with E-state index in [0.717, 1.165) is 5.69 Å². The van der Waals surface area contributed by atoms with Crippen molar-refractivity contribution in [1.82, 2.24) is 9.55 Å². The molecular weight excluding hydrogens is 397 g/mol. The minimum absolute atomic E-state index is 0.155. The third-order valence-electron chi connectivity index (χ3n) is 4.19. The van der Waals surface area contributed by atoms with Gasteiger partial charge in [-0.15, -0.1) is 23.2 Å². The van der Waals surface area contributed by atoms with Crippen LogP contribution in [0.1, 0.15) is 12.3 Å². The zero-order valence-electron chi connectivity index (χ0n) is 14.7. The third kappa shape index (κ3) is 4.36. The second kappa shape index (κ2) is 8.83. The first-order chi connectivity index (χ1) is 12.3. The van der Waals surface area contributed by atoms with Gasteiger partial charge in [0.25, 0.3) is 10.0 Å². The summed E-state index contributed by atoms with van der Waals surface area (Å²) in [4.78, 5) is 5.93. The zero-order chi connectivity index (χ0) is 19.3. The Morgan fingerprint density at radius 3 is 2.15 bits per heavy atom.